The summed E-state index contributed by atoms with van der Waals surface area (Å²) >= 11 is 0. The molecule has 0 saturated carbocycles. The molecule has 0 aliphatic rings. The van der Waals surface area contributed by atoms with E-state index < -0.39 is 17.5 Å². The fourth-order valence-corrected chi connectivity index (χ4v) is 0.733. The molecule has 6 heteroatoms. The minimum absolute atomic E-state index is 0.706. The van der Waals surface area contributed by atoms with Crippen LogP contribution in [0.4, 0.5) is 13.2 Å². The first-order valence-corrected chi connectivity index (χ1v) is 3.27. The number of hydrogen-bond acceptors (Lipinski definition) is 3. The van der Waals surface area contributed by atoms with Crippen LogP contribution in [0.5, 0.6) is 0 Å². The molecule has 1 rings (SSSR count). The third kappa shape index (κ3) is 1.78. The summed E-state index contributed by atoms with van der Waals surface area (Å²) < 4.78 is 36.0. The predicted octanol–water partition coefficient (Wildman–Crippen LogP) is 0.781. The second-order valence-electron chi connectivity index (χ2n) is 2.41. The van der Waals surface area contributed by atoms with E-state index in [-0.39, 0.29) is 0 Å². The van der Waals surface area contributed by atoms with Gasteiger partial charge in [0.05, 0.1) is 0 Å². The Labute approximate surface area is 71.5 Å². The summed E-state index contributed by atoms with van der Waals surface area (Å²) in [6.45, 7) is 0. The molecule has 0 aromatic carbocycles. The summed E-state index contributed by atoms with van der Waals surface area (Å²) in [5.41, 5.74) is -0.706. The average Bonchev–Trinajstić information content (AvgIpc) is 2.04. The molecule has 3 nitrogen and oxygen atoms in total. The Morgan fingerprint density at radius 3 is 2.23 bits per heavy atom. The van der Waals surface area contributed by atoms with Crippen molar-refractivity contribution in [3.63, 3.8) is 0 Å². The molecule has 0 radical (unpaired) electrons. The molecule has 1 heterocycles. The van der Waals surface area contributed by atoms with Crippen molar-refractivity contribution in [3.8, 4) is 0 Å². The SMILES string of the molecule is OC(O)(c1cccnc1)C(F)(F)F. The van der Waals surface area contributed by atoms with Gasteiger partial charge < -0.3 is 10.2 Å². The van der Waals surface area contributed by atoms with Gasteiger partial charge in [-0.3, -0.25) is 4.98 Å². The number of aliphatic hydroxyl groups is 2. The van der Waals surface area contributed by atoms with E-state index in [9.17, 15) is 13.2 Å². The predicted molar refractivity (Wildman–Crippen MR) is 36.4 cm³/mol. The lowest BCUT2D eigenvalue weighted by Gasteiger charge is -2.24. The van der Waals surface area contributed by atoms with Crippen molar-refractivity contribution in [2.75, 3.05) is 0 Å². The van der Waals surface area contributed by atoms with Crippen molar-refractivity contribution in [3.05, 3.63) is 30.1 Å². The molecule has 0 saturated heterocycles. The highest BCUT2D eigenvalue weighted by Gasteiger charge is 2.54. The van der Waals surface area contributed by atoms with Gasteiger partial charge in [-0.25, -0.2) is 0 Å². The second-order valence-corrected chi connectivity index (χ2v) is 2.41. The van der Waals surface area contributed by atoms with E-state index in [1.165, 1.54) is 12.3 Å². The summed E-state index contributed by atoms with van der Waals surface area (Å²) in [5.74, 6) is -3.83. The van der Waals surface area contributed by atoms with Crippen molar-refractivity contribution >= 4 is 0 Å². The highest BCUT2D eigenvalue weighted by Crippen LogP contribution is 2.35. The number of pyridine rings is 1. The maximum absolute atomic E-state index is 12.0. The maximum Gasteiger partial charge on any atom is 0.447 e. The second kappa shape index (κ2) is 2.97. The Kier molecular flexibility index (Phi) is 2.27. The molecule has 13 heavy (non-hydrogen) atoms. The third-order valence-electron chi connectivity index (χ3n) is 1.46. The molecule has 72 valence electrons. The quantitative estimate of drug-likeness (QED) is 0.648. The van der Waals surface area contributed by atoms with Crippen molar-refractivity contribution in [2.45, 2.75) is 12.0 Å². The van der Waals surface area contributed by atoms with Gasteiger partial charge >= 0.3 is 6.18 Å². The van der Waals surface area contributed by atoms with Gasteiger partial charge in [-0.2, -0.15) is 13.2 Å². The van der Waals surface area contributed by atoms with Gasteiger partial charge in [0.2, 0.25) is 0 Å². The van der Waals surface area contributed by atoms with Crippen molar-refractivity contribution in [2.24, 2.45) is 0 Å². The maximum atomic E-state index is 12.0. The third-order valence-corrected chi connectivity index (χ3v) is 1.46. The van der Waals surface area contributed by atoms with E-state index in [4.69, 9.17) is 10.2 Å². The zero-order valence-electron chi connectivity index (χ0n) is 6.28. The summed E-state index contributed by atoms with van der Waals surface area (Å²) in [6.07, 6.45) is -3.15. The van der Waals surface area contributed by atoms with Crippen LogP contribution in [0, 0.1) is 0 Å². The normalized spacial score (nSPS) is 13.0. The van der Waals surface area contributed by atoms with Crippen LogP contribution < -0.4 is 0 Å². The fraction of sp³-hybridized carbons (Fsp3) is 0.286. The zero-order chi connectivity index (χ0) is 10.1. The van der Waals surface area contributed by atoms with Crippen LogP contribution in [0.25, 0.3) is 0 Å². The standard InChI is InChI=1S/C7H6F3NO2/c8-7(9,10)6(12,13)5-2-1-3-11-4-5/h1-4,12-13H. The van der Waals surface area contributed by atoms with Crippen LogP contribution in [-0.2, 0) is 5.79 Å². The van der Waals surface area contributed by atoms with Crippen LogP contribution in [-0.4, -0.2) is 21.4 Å². The van der Waals surface area contributed by atoms with E-state index in [1.54, 1.807) is 0 Å². The van der Waals surface area contributed by atoms with Gasteiger partial charge in [0, 0.05) is 18.0 Å². The lowest BCUT2D eigenvalue weighted by Crippen LogP contribution is -2.42. The molecule has 0 aliphatic heterocycles. The van der Waals surface area contributed by atoms with Gasteiger partial charge in [0.25, 0.3) is 5.79 Å². The first kappa shape index (κ1) is 9.94. The smallest absolute Gasteiger partial charge is 0.355 e. The van der Waals surface area contributed by atoms with E-state index in [0.717, 1.165) is 12.3 Å². The number of nitrogens with zero attached hydrogens (tertiary/aromatic N) is 1. The number of alkyl halides is 3. The topological polar surface area (TPSA) is 53.4 Å². The van der Waals surface area contributed by atoms with E-state index in [0.29, 0.717) is 0 Å². The summed E-state index contributed by atoms with van der Waals surface area (Å²) in [7, 11) is 0. The summed E-state index contributed by atoms with van der Waals surface area (Å²) in [4.78, 5) is 3.34. The molecule has 0 atom stereocenters. The zero-order valence-corrected chi connectivity index (χ0v) is 6.28. The van der Waals surface area contributed by atoms with Gasteiger partial charge in [0.1, 0.15) is 0 Å². The van der Waals surface area contributed by atoms with Crippen LogP contribution >= 0.6 is 0 Å². The van der Waals surface area contributed by atoms with Gasteiger partial charge in [-0.05, 0) is 6.07 Å². The first-order chi connectivity index (χ1) is 5.86. The van der Waals surface area contributed by atoms with Gasteiger partial charge in [0.15, 0.2) is 0 Å². The Morgan fingerprint density at radius 2 is 1.85 bits per heavy atom. The van der Waals surface area contributed by atoms with Crippen molar-refractivity contribution in [1.82, 2.24) is 4.98 Å². The minimum atomic E-state index is -5.13. The molecule has 2 N–H and O–H groups in total. The molecule has 0 fully saturated rings. The Bertz CT molecular complexity index is 284. The molecule has 0 aliphatic carbocycles. The van der Waals surface area contributed by atoms with Crippen molar-refractivity contribution in [1.29, 1.82) is 0 Å². The number of aromatic nitrogens is 1. The molecule has 0 bridgehead atoms. The molecular formula is C7H6F3NO2. The lowest BCUT2D eigenvalue weighted by molar-refractivity contribution is -0.358. The molecule has 0 unspecified atom stereocenters. The van der Waals surface area contributed by atoms with E-state index in [2.05, 4.69) is 4.98 Å². The molecule has 1 aromatic rings. The number of hydrogen-bond donors (Lipinski definition) is 2. The Balaban J connectivity index is 3.08. The Hall–Kier alpha value is -1.14. The molecule has 1 aromatic heterocycles. The van der Waals surface area contributed by atoms with Crippen LogP contribution in [0.15, 0.2) is 24.5 Å². The Morgan fingerprint density at radius 1 is 1.23 bits per heavy atom. The summed E-state index contributed by atoms with van der Waals surface area (Å²) in [6, 6.07) is 2.11. The summed E-state index contributed by atoms with van der Waals surface area (Å²) in [5, 5.41) is 17.4. The van der Waals surface area contributed by atoms with E-state index >= 15 is 0 Å². The molecule has 0 spiro atoms. The highest BCUT2D eigenvalue weighted by atomic mass is 19.4. The highest BCUT2D eigenvalue weighted by molar-refractivity contribution is 5.16. The average molecular weight is 193 g/mol. The monoisotopic (exact) mass is 193 g/mol. The van der Waals surface area contributed by atoms with Crippen LogP contribution in [0.1, 0.15) is 5.56 Å². The van der Waals surface area contributed by atoms with Crippen LogP contribution in [0.2, 0.25) is 0 Å². The minimum Gasteiger partial charge on any atom is -0.355 e. The number of rotatable bonds is 1. The largest absolute Gasteiger partial charge is 0.447 e. The van der Waals surface area contributed by atoms with E-state index in [1.807, 2.05) is 0 Å². The molecular weight excluding hydrogens is 187 g/mol. The van der Waals surface area contributed by atoms with Crippen molar-refractivity contribution < 1.29 is 23.4 Å². The molecule has 0 amide bonds. The lowest BCUT2D eigenvalue weighted by atomic mass is 10.1. The number of halogens is 3. The fourth-order valence-electron chi connectivity index (χ4n) is 0.733. The van der Waals surface area contributed by atoms with Gasteiger partial charge in [-0.15, -0.1) is 0 Å². The first-order valence-electron chi connectivity index (χ1n) is 3.27. The van der Waals surface area contributed by atoms with Crippen LogP contribution in [0.3, 0.4) is 0 Å². The van der Waals surface area contributed by atoms with Gasteiger partial charge in [-0.1, -0.05) is 6.07 Å².